The van der Waals surface area contributed by atoms with E-state index in [1.165, 1.54) is 10.6 Å². The van der Waals surface area contributed by atoms with Gasteiger partial charge in [-0.15, -0.1) is 11.3 Å². The van der Waals surface area contributed by atoms with Gasteiger partial charge in [0.05, 0.1) is 11.9 Å². The third-order valence-corrected chi connectivity index (χ3v) is 5.88. The van der Waals surface area contributed by atoms with Crippen LogP contribution in [0.2, 0.25) is 0 Å². The number of aromatic hydroxyl groups is 1. The molecular formula is C19H18N6O3S. The molecular weight excluding hydrogens is 392 g/mol. The van der Waals surface area contributed by atoms with Gasteiger partial charge in [0, 0.05) is 24.4 Å². The fourth-order valence-corrected chi connectivity index (χ4v) is 4.34. The fraction of sp³-hybridized carbons (Fsp3) is 0.158. The summed E-state index contributed by atoms with van der Waals surface area (Å²) in [6, 6.07) is 3.21. The number of hydrogen-bond acceptors (Lipinski definition) is 7. The van der Waals surface area contributed by atoms with E-state index >= 15 is 0 Å². The highest BCUT2D eigenvalue weighted by Gasteiger charge is 2.25. The Morgan fingerprint density at radius 3 is 2.62 bits per heavy atom. The molecule has 4 rings (SSSR count). The molecule has 0 saturated carbocycles. The average molecular weight is 410 g/mol. The molecule has 3 aromatic heterocycles. The van der Waals surface area contributed by atoms with Gasteiger partial charge in [0.15, 0.2) is 0 Å². The Bertz CT molecular complexity index is 1360. The van der Waals surface area contributed by atoms with Crippen LogP contribution in [0.5, 0.6) is 5.75 Å². The lowest BCUT2D eigenvalue weighted by molar-refractivity contribution is 0.100. The Morgan fingerprint density at radius 1 is 1.28 bits per heavy atom. The number of aryl methyl sites for hydroxylation is 2. The van der Waals surface area contributed by atoms with Crippen LogP contribution in [-0.2, 0) is 7.05 Å². The molecule has 1 amide bonds. The van der Waals surface area contributed by atoms with Crippen molar-refractivity contribution in [3.05, 3.63) is 51.6 Å². The molecule has 0 aliphatic rings. The van der Waals surface area contributed by atoms with E-state index in [1.807, 2.05) is 0 Å². The number of nitrogens with two attached hydrogens (primary N) is 2. The number of benzene rings is 1. The monoisotopic (exact) mass is 410 g/mol. The number of anilines is 1. The summed E-state index contributed by atoms with van der Waals surface area (Å²) in [6.07, 6.45) is 3.38. The summed E-state index contributed by atoms with van der Waals surface area (Å²) in [6.45, 7) is 3.46. The predicted octanol–water partition coefficient (Wildman–Crippen LogP) is 1.85. The molecule has 0 radical (unpaired) electrons. The molecule has 0 bridgehead atoms. The molecule has 4 aromatic rings. The van der Waals surface area contributed by atoms with Crippen LogP contribution in [0.25, 0.3) is 26.5 Å². The zero-order chi connectivity index (χ0) is 21.0. The molecule has 29 heavy (non-hydrogen) atoms. The SMILES string of the molecule is Cc1ccc(O)c(C)c1-n1c(N)c(C(N)=O)c2nc(-c3cnn(C)c3)sc2c1=O. The zero-order valence-electron chi connectivity index (χ0n) is 15.9. The van der Waals surface area contributed by atoms with Gasteiger partial charge >= 0.3 is 0 Å². The first-order valence-electron chi connectivity index (χ1n) is 8.64. The van der Waals surface area contributed by atoms with E-state index in [9.17, 15) is 14.7 Å². The van der Waals surface area contributed by atoms with Crippen molar-refractivity contribution in [2.45, 2.75) is 13.8 Å². The second-order valence-corrected chi connectivity index (χ2v) is 7.74. The van der Waals surface area contributed by atoms with Crippen LogP contribution < -0.4 is 17.0 Å². The van der Waals surface area contributed by atoms with Crippen LogP contribution >= 0.6 is 11.3 Å². The van der Waals surface area contributed by atoms with Crippen molar-refractivity contribution in [3.63, 3.8) is 0 Å². The topological polar surface area (TPSA) is 142 Å². The van der Waals surface area contributed by atoms with E-state index in [0.717, 1.165) is 11.3 Å². The van der Waals surface area contributed by atoms with Gasteiger partial charge in [0.2, 0.25) is 0 Å². The van der Waals surface area contributed by atoms with Gasteiger partial charge in [-0.2, -0.15) is 5.10 Å². The summed E-state index contributed by atoms with van der Waals surface area (Å²) in [4.78, 5) is 30.1. The number of carbonyl (C=O) groups is 1. The molecule has 1 aromatic carbocycles. The van der Waals surface area contributed by atoms with E-state index in [1.54, 1.807) is 44.0 Å². The van der Waals surface area contributed by atoms with Crippen molar-refractivity contribution in [1.82, 2.24) is 19.3 Å². The second-order valence-electron chi connectivity index (χ2n) is 6.74. The minimum absolute atomic E-state index is 0.0120. The maximum atomic E-state index is 13.4. The normalized spacial score (nSPS) is 11.3. The van der Waals surface area contributed by atoms with Crippen molar-refractivity contribution in [2.24, 2.45) is 12.8 Å². The minimum Gasteiger partial charge on any atom is -0.508 e. The molecule has 0 unspecified atom stereocenters. The number of carbonyl (C=O) groups excluding carboxylic acids is 1. The number of hydrogen-bond donors (Lipinski definition) is 3. The second kappa shape index (κ2) is 6.45. The summed E-state index contributed by atoms with van der Waals surface area (Å²) in [5, 5.41) is 14.8. The number of phenolic OH excluding ortho intramolecular Hbond substituents is 1. The zero-order valence-corrected chi connectivity index (χ0v) is 16.7. The third-order valence-electron chi connectivity index (χ3n) is 4.78. The molecule has 0 aliphatic carbocycles. The molecule has 5 N–H and O–H groups in total. The lowest BCUT2D eigenvalue weighted by Crippen LogP contribution is -2.27. The molecule has 3 heterocycles. The van der Waals surface area contributed by atoms with Gasteiger partial charge in [-0.3, -0.25) is 18.8 Å². The number of primary amides is 1. The Balaban J connectivity index is 2.14. The first-order chi connectivity index (χ1) is 13.7. The van der Waals surface area contributed by atoms with E-state index in [4.69, 9.17) is 11.5 Å². The van der Waals surface area contributed by atoms with Crippen molar-refractivity contribution in [1.29, 1.82) is 0 Å². The number of nitrogens with zero attached hydrogens (tertiary/aromatic N) is 4. The quantitative estimate of drug-likeness (QED) is 0.470. The molecule has 9 nitrogen and oxygen atoms in total. The molecule has 10 heteroatoms. The van der Waals surface area contributed by atoms with Crippen LogP contribution in [0.15, 0.2) is 29.3 Å². The van der Waals surface area contributed by atoms with Crippen LogP contribution in [0.1, 0.15) is 21.5 Å². The number of nitrogen functional groups attached to an aromatic ring is 1. The largest absolute Gasteiger partial charge is 0.508 e. The highest BCUT2D eigenvalue weighted by molar-refractivity contribution is 7.21. The number of aromatic nitrogens is 4. The van der Waals surface area contributed by atoms with E-state index in [2.05, 4.69) is 10.1 Å². The number of fused-ring (bicyclic) bond motifs is 1. The van der Waals surface area contributed by atoms with Gasteiger partial charge in [-0.1, -0.05) is 6.07 Å². The number of pyridine rings is 1. The molecule has 0 spiro atoms. The summed E-state index contributed by atoms with van der Waals surface area (Å²) < 4.78 is 3.08. The third kappa shape index (κ3) is 2.76. The Labute approximate surface area is 168 Å². The molecule has 0 saturated heterocycles. The van der Waals surface area contributed by atoms with E-state index < -0.39 is 11.5 Å². The number of amides is 1. The number of rotatable bonds is 3. The highest BCUT2D eigenvalue weighted by Crippen LogP contribution is 2.34. The van der Waals surface area contributed by atoms with Crippen molar-refractivity contribution < 1.29 is 9.90 Å². The van der Waals surface area contributed by atoms with Crippen molar-refractivity contribution in [3.8, 4) is 22.0 Å². The van der Waals surface area contributed by atoms with Crippen LogP contribution in [0.4, 0.5) is 5.82 Å². The van der Waals surface area contributed by atoms with Crippen LogP contribution in [-0.4, -0.2) is 30.3 Å². The highest BCUT2D eigenvalue weighted by atomic mass is 32.1. The summed E-state index contributed by atoms with van der Waals surface area (Å²) in [5.74, 6) is -0.896. The minimum atomic E-state index is -0.792. The lowest BCUT2D eigenvalue weighted by atomic mass is 10.1. The maximum absolute atomic E-state index is 13.4. The summed E-state index contributed by atoms with van der Waals surface area (Å²) in [5.41, 5.74) is 13.8. The van der Waals surface area contributed by atoms with Gasteiger partial charge in [0.1, 0.15) is 32.4 Å². The van der Waals surface area contributed by atoms with Crippen LogP contribution in [0, 0.1) is 13.8 Å². The fourth-order valence-electron chi connectivity index (χ4n) is 3.37. The van der Waals surface area contributed by atoms with E-state index in [0.29, 0.717) is 27.4 Å². The van der Waals surface area contributed by atoms with Gasteiger partial charge in [0.25, 0.3) is 11.5 Å². The predicted molar refractivity (Wildman–Crippen MR) is 111 cm³/mol. The van der Waals surface area contributed by atoms with Gasteiger partial charge in [-0.05, 0) is 25.5 Å². The summed E-state index contributed by atoms with van der Waals surface area (Å²) >= 11 is 1.13. The molecule has 0 atom stereocenters. The van der Waals surface area contributed by atoms with Crippen LogP contribution in [0.3, 0.4) is 0 Å². The first kappa shape index (κ1) is 18.7. The lowest BCUT2D eigenvalue weighted by Gasteiger charge is -2.17. The maximum Gasteiger partial charge on any atom is 0.276 e. The molecule has 0 fully saturated rings. The molecule has 0 aliphatic heterocycles. The Hall–Kier alpha value is -3.66. The standard InChI is InChI=1S/C19H18N6O3S/c1-8-4-5-11(26)9(2)14(8)25-16(20)12(17(21)27)13-15(19(25)28)29-18(23-13)10-6-22-24(3)7-10/h4-7,26H,20H2,1-3H3,(H2,21,27). The van der Waals surface area contributed by atoms with Gasteiger partial charge in [-0.25, -0.2) is 4.98 Å². The van der Waals surface area contributed by atoms with Crippen molar-refractivity contribution in [2.75, 3.05) is 5.73 Å². The average Bonchev–Trinajstić information content (AvgIpc) is 3.27. The van der Waals surface area contributed by atoms with Gasteiger partial charge < -0.3 is 16.6 Å². The summed E-state index contributed by atoms with van der Waals surface area (Å²) in [7, 11) is 1.77. The Morgan fingerprint density at radius 2 is 2.00 bits per heavy atom. The smallest absolute Gasteiger partial charge is 0.276 e. The number of thiazole rings is 1. The molecule has 148 valence electrons. The number of phenols is 1. The first-order valence-corrected chi connectivity index (χ1v) is 9.45. The van der Waals surface area contributed by atoms with E-state index in [-0.39, 0.29) is 27.3 Å². The Kier molecular flexibility index (Phi) is 4.16. The van der Waals surface area contributed by atoms with Crippen molar-refractivity contribution >= 4 is 33.3 Å².